The zero-order chi connectivity index (χ0) is 32.0. The molecule has 1 aliphatic heterocycles. The van der Waals surface area contributed by atoms with Gasteiger partial charge in [0.05, 0.1) is 29.7 Å². The van der Waals surface area contributed by atoms with Crippen molar-refractivity contribution in [3.8, 4) is 11.4 Å². The summed E-state index contributed by atoms with van der Waals surface area (Å²) in [5, 5.41) is 20.1. The molecule has 2 aliphatic rings. The van der Waals surface area contributed by atoms with Crippen LogP contribution < -0.4 is 15.4 Å². The number of rotatable bonds is 6. The minimum atomic E-state index is -0.268. The summed E-state index contributed by atoms with van der Waals surface area (Å²) in [5.74, 6) is 2.36. The van der Waals surface area contributed by atoms with Gasteiger partial charge in [0.2, 0.25) is 0 Å². The van der Waals surface area contributed by atoms with Crippen LogP contribution in [0.15, 0.2) is 72.9 Å². The highest BCUT2D eigenvalue weighted by Crippen LogP contribution is 2.39. The third kappa shape index (κ3) is 5.85. The number of urea groups is 1. The normalized spacial score (nSPS) is 20.1. The highest BCUT2D eigenvalue weighted by atomic mass is 16.5. The van der Waals surface area contributed by atoms with E-state index in [4.69, 9.17) is 9.84 Å². The van der Waals surface area contributed by atoms with Crippen molar-refractivity contribution in [2.75, 3.05) is 18.9 Å². The van der Waals surface area contributed by atoms with Crippen molar-refractivity contribution < 1.29 is 9.53 Å². The van der Waals surface area contributed by atoms with Gasteiger partial charge in [-0.2, -0.15) is 5.10 Å². The first-order valence-electron chi connectivity index (χ1n) is 16.2. The Morgan fingerprint density at radius 2 is 1.74 bits per heavy atom. The summed E-state index contributed by atoms with van der Waals surface area (Å²) in [4.78, 5) is 15.8. The molecule has 3 atom stereocenters. The molecular weight excluding hydrogens is 576 g/mol. The molecule has 1 fully saturated rings. The molecule has 0 bridgehead atoms. The van der Waals surface area contributed by atoms with E-state index in [1.54, 1.807) is 4.68 Å². The Balaban J connectivity index is 1.09. The van der Waals surface area contributed by atoms with Gasteiger partial charge in [-0.05, 0) is 81.6 Å². The van der Waals surface area contributed by atoms with E-state index >= 15 is 0 Å². The Kier molecular flexibility index (Phi) is 7.76. The number of anilines is 1. The smallest absolute Gasteiger partial charge is 0.320 e. The molecule has 0 radical (unpaired) electrons. The van der Waals surface area contributed by atoms with E-state index in [0.717, 1.165) is 72.0 Å². The van der Waals surface area contributed by atoms with Crippen LogP contribution in [0.2, 0.25) is 0 Å². The number of hydrogen-bond donors (Lipinski definition) is 2. The number of aromatic nitrogens is 5. The van der Waals surface area contributed by atoms with Crippen molar-refractivity contribution in [1.82, 2.24) is 34.6 Å². The van der Waals surface area contributed by atoms with E-state index in [9.17, 15) is 4.79 Å². The standard InChI is InChI=1S/C36H42N8O2/c1-23-12-14-24(15-13-23)44-33(21-31(41-44)36(2,3)4)38-35(45)37-28-17-18-30(27-10-7-6-9-26(27)28)46-25-16-19-32-39-40-34(43(32)22-25)29-11-8-20-42(29)5/h6-7,9-10,12-16,19,21-22,28-30H,8,11,17-18,20H2,1-5H3,(H2,37,38,45). The predicted octanol–water partition coefficient (Wildman–Crippen LogP) is 7.06. The lowest BCUT2D eigenvalue weighted by atomic mass is 9.85. The number of pyridine rings is 1. The highest BCUT2D eigenvalue weighted by Gasteiger charge is 2.31. The summed E-state index contributed by atoms with van der Waals surface area (Å²) >= 11 is 0. The maximum Gasteiger partial charge on any atom is 0.320 e. The average Bonchev–Trinajstić information content (AvgIpc) is 3.77. The van der Waals surface area contributed by atoms with Crippen LogP contribution in [0.5, 0.6) is 5.75 Å². The second kappa shape index (κ2) is 11.9. The molecule has 2 aromatic carbocycles. The van der Waals surface area contributed by atoms with E-state index in [1.165, 1.54) is 5.56 Å². The molecule has 1 saturated heterocycles. The SMILES string of the molecule is Cc1ccc(-n2nc(C(C)(C)C)cc2NC(=O)NC2CCC(Oc3ccc4nnc(C5CCCN5C)n4c3)c3ccccc32)cc1. The zero-order valence-corrected chi connectivity index (χ0v) is 27.2. The summed E-state index contributed by atoms with van der Waals surface area (Å²) in [7, 11) is 2.14. The maximum absolute atomic E-state index is 13.5. The van der Waals surface area contributed by atoms with Gasteiger partial charge in [-0.1, -0.05) is 62.7 Å². The third-order valence-electron chi connectivity index (χ3n) is 9.24. The quantitative estimate of drug-likeness (QED) is 0.211. The monoisotopic (exact) mass is 618 g/mol. The summed E-state index contributed by atoms with van der Waals surface area (Å²) in [6.07, 6.45) is 5.61. The molecule has 0 spiro atoms. The van der Waals surface area contributed by atoms with Crippen molar-refractivity contribution in [2.45, 2.75) is 77.0 Å². The topological polar surface area (TPSA) is 102 Å². The number of likely N-dealkylation sites (tertiary alicyclic amines) is 1. The number of nitrogens with zero attached hydrogens (tertiary/aromatic N) is 6. The first-order chi connectivity index (χ1) is 22.1. The Bertz CT molecular complexity index is 1870. The summed E-state index contributed by atoms with van der Waals surface area (Å²) < 4.78 is 10.5. The molecule has 10 nitrogen and oxygen atoms in total. The largest absolute Gasteiger partial charge is 0.484 e. The van der Waals surface area contributed by atoms with Gasteiger partial charge in [0, 0.05) is 11.5 Å². The number of nitrogens with one attached hydrogen (secondary N) is 2. The zero-order valence-electron chi connectivity index (χ0n) is 27.2. The number of benzene rings is 2. The van der Waals surface area contributed by atoms with E-state index in [2.05, 4.69) is 77.0 Å². The molecule has 10 heteroatoms. The maximum atomic E-state index is 13.5. The molecule has 238 valence electrons. The summed E-state index contributed by atoms with van der Waals surface area (Å²) in [5.41, 5.74) is 5.75. The van der Waals surface area contributed by atoms with E-state index in [-0.39, 0.29) is 29.6 Å². The fraction of sp³-hybridized carbons (Fsp3) is 0.389. The molecule has 3 unspecified atom stereocenters. The number of carbonyl (C=O) groups excluding carboxylic acids is 1. The van der Waals surface area contributed by atoms with Gasteiger partial charge in [-0.3, -0.25) is 14.6 Å². The number of ether oxygens (including phenoxy) is 1. The molecule has 2 amide bonds. The fourth-order valence-electron chi connectivity index (χ4n) is 6.64. The highest BCUT2D eigenvalue weighted by molar-refractivity contribution is 5.89. The predicted molar refractivity (Wildman–Crippen MR) is 179 cm³/mol. The minimum absolute atomic E-state index is 0.138. The third-order valence-corrected chi connectivity index (χ3v) is 9.24. The first-order valence-corrected chi connectivity index (χ1v) is 16.2. The molecule has 7 rings (SSSR count). The van der Waals surface area contributed by atoms with Crippen LogP contribution in [-0.2, 0) is 5.41 Å². The van der Waals surface area contributed by atoms with Crippen molar-refractivity contribution >= 4 is 17.5 Å². The van der Waals surface area contributed by atoms with E-state index in [1.807, 2.05) is 60.8 Å². The number of hydrogen-bond acceptors (Lipinski definition) is 6. The number of fused-ring (bicyclic) bond motifs is 2. The van der Waals surface area contributed by atoms with Crippen molar-refractivity contribution in [3.63, 3.8) is 0 Å². The molecular formula is C36H42N8O2. The van der Waals surface area contributed by atoms with Crippen LogP contribution in [0.25, 0.3) is 11.3 Å². The van der Waals surface area contributed by atoms with Crippen LogP contribution in [0, 0.1) is 6.92 Å². The Morgan fingerprint density at radius 1 is 0.957 bits per heavy atom. The van der Waals surface area contributed by atoms with Crippen LogP contribution in [0.3, 0.4) is 0 Å². The molecule has 5 aromatic rings. The number of amides is 2. The molecule has 0 saturated carbocycles. The molecule has 46 heavy (non-hydrogen) atoms. The Morgan fingerprint density at radius 3 is 2.48 bits per heavy atom. The lowest BCUT2D eigenvalue weighted by Gasteiger charge is -2.32. The Hall–Kier alpha value is -4.70. The van der Waals surface area contributed by atoms with Crippen LogP contribution in [-0.4, -0.2) is 48.9 Å². The second-order valence-electron chi connectivity index (χ2n) is 13.7. The second-order valence-corrected chi connectivity index (χ2v) is 13.7. The van der Waals surface area contributed by atoms with Gasteiger partial charge in [0.15, 0.2) is 11.5 Å². The van der Waals surface area contributed by atoms with Gasteiger partial charge < -0.3 is 10.1 Å². The van der Waals surface area contributed by atoms with Crippen LogP contribution in [0.1, 0.15) is 92.9 Å². The average molecular weight is 619 g/mol. The van der Waals surface area contributed by atoms with Gasteiger partial charge >= 0.3 is 6.03 Å². The molecule has 4 heterocycles. The Labute approximate surface area is 269 Å². The number of carbonyl (C=O) groups is 1. The lowest BCUT2D eigenvalue weighted by Crippen LogP contribution is -2.36. The van der Waals surface area contributed by atoms with Gasteiger partial charge in [-0.25, -0.2) is 9.48 Å². The molecule has 1 aliphatic carbocycles. The van der Waals surface area contributed by atoms with E-state index < -0.39 is 0 Å². The van der Waals surface area contributed by atoms with Crippen molar-refractivity contribution in [2.24, 2.45) is 0 Å². The van der Waals surface area contributed by atoms with Gasteiger partial charge in [0.1, 0.15) is 17.7 Å². The van der Waals surface area contributed by atoms with Crippen LogP contribution >= 0.6 is 0 Å². The van der Waals surface area contributed by atoms with Crippen LogP contribution in [0.4, 0.5) is 10.6 Å². The van der Waals surface area contributed by atoms with Crippen molar-refractivity contribution in [3.05, 3.63) is 101 Å². The lowest BCUT2D eigenvalue weighted by molar-refractivity contribution is 0.171. The van der Waals surface area contributed by atoms with Crippen molar-refractivity contribution in [1.29, 1.82) is 0 Å². The fourth-order valence-corrected chi connectivity index (χ4v) is 6.64. The minimum Gasteiger partial charge on any atom is -0.484 e. The number of aryl methyl sites for hydroxylation is 1. The molecule has 3 aromatic heterocycles. The van der Waals surface area contributed by atoms with Gasteiger partial charge in [-0.15, -0.1) is 10.2 Å². The molecule has 2 N–H and O–H groups in total. The summed E-state index contributed by atoms with van der Waals surface area (Å²) in [6.45, 7) is 9.48. The first kappa shape index (κ1) is 30.0. The van der Waals surface area contributed by atoms with Gasteiger partial charge in [0.25, 0.3) is 0 Å². The summed E-state index contributed by atoms with van der Waals surface area (Å²) in [6, 6.07) is 22.1. The van der Waals surface area contributed by atoms with E-state index in [0.29, 0.717) is 5.82 Å².